The summed E-state index contributed by atoms with van der Waals surface area (Å²) in [6.45, 7) is 1.05. The van der Waals surface area contributed by atoms with Crippen LogP contribution in [0.1, 0.15) is 12.0 Å². The molecule has 1 aromatic heterocycles. The molecule has 0 aliphatic heterocycles. The molecular formula is C13H15N3O2. The number of phenols is 1. The molecule has 2 rings (SSSR count). The molecule has 1 aromatic carbocycles. The van der Waals surface area contributed by atoms with E-state index in [-0.39, 0.29) is 11.7 Å². The van der Waals surface area contributed by atoms with Crippen LogP contribution in [-0.4, -0.2) is 20.8 Å². The third-order valence-electron chi connectivity index (χ3n) is 2.55. The molecule has 5 nitrogen and oxygen atoms in total. The molecule has 0 saturated carbocycles. The monoisotopic (exact) mass is 245 g/mol. The van der Waals surface area contributed by atoms with E-state index in [1.165, 1.54) is 0 Å². The minimum absolute atomic E-state index is 0.0152. The van der Waals surface area contributed by atoms with Crippen molar-refractivity contribution in [3.63, 3.8) is 0 Å². The number of phenolic OH excluding ortho intramolecular Hbond substituents is 1. The van der Waals surface area contributed by atoms with Gasteiger partial charge in [0.25, 0.3) is 0 Å². The second-order valence-electron chi connectivity index (χ2n) is 3.96. The molecular weight excluding hydrogens is 230 g/mol. The highest BCUT2D eigenvalue weighted by molar-refractivity contribution is 5.75. The van der Waals surface area contributed by atoms with E-state index < -0.39 is 0 Å². The third-order valence-corrected chi connectivity index (χ3v) is 2.55. The average molecular weight is 245 g/mol. The number of aromatic nitrogens is 2. The van der Waals surface area contributed by atoms with Crippen LogP contribution in [0.25, 0.3) is 0 Å². The van der Waals surface area contributed by atoms with Gasteiger partial charge in [0.15, 0.2) is 0 Å². The average Bonchev–Trinajstić information content (AvgIpc) is 2.89. The molecule has 0 aliphatic rings. The number of aryl methyl sites for hydroxylation is 1. The normalized spacial score (nSPS) is 10.2. The zero-order valence-electron chi connectivity index (χ0n) is 9.91. The number of amides is 1. The Balaban J connectivity index is 1.73. The Morgan fingerprint density at radius 3 is 2.78 bits per heavy atom. The van der Waals surface area contributed by atoms with Gasteiger partial charge in [-0.1, -0.05) is 12.1 Å². The van der Waals surface area contributed by atoms with E-state index in [2.05, 4.69) is 10.4 Å². The summed E-state index contributed by atoms with van der Waals surface area (Å²) in [5.41, 5.74) is 0.959. The van der Waals surface area contributed by atoms with Gasteiger partial charge in [0.1, 0.15) is 5.75 Å². The number of hydrogen-bond donors (Lipinski definition) is 2. The van der Waals surface area contributed by atoms with Crippen molar-refractivity contribution < 1.29 is 9.90 Å². The summed E-state index contributed by atoms with van der Waals surface area (Å²) in [5, 5.41) is 16.0. The summed E-state index contributed by atoms with van der Waals surface area (Å²) in [6, 6.07) is 8.59. The van der Waals surface area contributed by atoms with Gasteiger partial charge < -0.3 is 10.4 Å². The molecule has 94 valence electrons. The Morgan fingerprint density at radius 2 is 2.11 bits per heavy atom. The van der Waals surface area contributed by atoms with E-state index in [4.69, 9.17) is 5.11 Å². The van der Waals surface area contributed by atoms with Crippen molar-refractivity contribution >= 4 is 5.91 Å². The van der Waals surface area contributed by atoms with Crippen molar-refractivity contribution in [3.05, 3.63) is 48.3 Å². The SMILES string of the molecule is O=C(CCn1cccn1)NCc1ccc(O)cc1. The molecule has 18 heavy (non-hydrogen) atoms. The van der Waals surface area contributed by atoms with Gasteiger partial charge in [0.05, 0.1) is 0 Å². The number of hydrogen-bond acceptors (Lipinski definition) is 3. The van der Waals surface area contributed by atoms with Crippen LogP contribution in [0, 0.1) is 0 Å². The predicted octanol–water partition coefficient (Wildman–Crippen LogP) is 1.30. The topological polar surface area (TPSA) is 67.2 Å². The lowest BCUT2D eigenvalue weighted by molar-refractivity contribution is -0.121. The van der Waals surface area contributed by atoms with Crippen molar-refractivity contribution in [2.45, 2.75) is 19.5 Å². The van der Waals surface area contributed by atoms with Crippen LogP contribution in [0.2, 0.25) is 0 Å². The lowest BCUT2D eigenvalue weighted by atomic mass is 10.2. The molecule has 2 aromatic rings. The van der Waals surface area contributed by atoms with Crippen LogP contribution in [0.4, 0.5) is 0 Å². The second-order valence-corrected chi connectivity index (χ2v) is 3.96. The number of benzene rings is 1. The summed E-state index contributed by atoms with van der Waals surface area (Å²) in [7, 11) is 0. The molecule has 2 N–H and O–H groups in total. The zero-order chi connectivity index (χ0) is 12.8. The van der Waals surface area contributed by atoms with Crippen molar-refractivity contribution in [3.8, 4) is 5.75 Å². The number of nitrogens with one attached hydrogen (secondary N) is 1. The maximum absolute atomic E-state index is 11.6. The molecule has 0 bridgehead atoms. The van der Waals surface area contributed by atoms with Gasteiger partial charge in [-0.2, -0.15) is 5.10 Å². The Labute approximate surface area is 105 Å². The number of carbonyl (C=O) groups excluding carboxylic acids is 1. The fraction of sp³-hybridized carbons (Fsp3) is 0.231. The molecule has 0 radical (unpaired) electrons. The van der Waals surface area contributed by atoms with Gasteiger partial charge >= 0.3 is 0 Å². The minimum atomic E-state index is -0.0152. The highest BCUT2D eigenvalue weighted by Gasteiger charge is 2.02. The van der Waals surface area contributed by atoms with E-state index in [1.807, 2.05) is 12.3 Å². The van der Waals surface area contributed by atoms with Gasteiger partial charge in [-0.05, 0) is 23.8 Å². The minimum Gasteiger partial charge on any atom is -0.508 e. The Bertz CT molecular complexity index is 491. The van der Waals surface area contributed by atoms with Gasteiger partial charge in [-0.15, -0.1) is 0 Å². The third kappa shape index (κ3) is 3.62. The highest BCUT2D eigenvalue weighted by atomic mass is 16.3. The van der Waals surface area contributed by atoms with Crippen LogP contribution < -0.4 is 5.32 Å². The van der Waals surface area contributed by atoms with E-state index >= 15 is 0 Å². The molecule has 1 amide bonds. The maximum atomic E-state index is 11.6. The molecule has 0 fully saturated rings. The molecule has 0 spiro atoms. The van der Waals surface area contributed by atoms with E-state index in [0.29, 0.717) is 19.5 Å². The smallest absolute Gasteiger partial charge is 0.222 e. The summed E-state index contributed by atoms with van der Waals surface area (Å²) < 4.78 is 1.72. The summed E-state index contributed by atoms with van der Waals surface area (Å²) >= 11 is 0. The molecule has 0 aliphatic carbocycles. The molecule has 1 heterocycles. The first-order valence-electron chi connectivity index (χ1n) is 5.76. The van der Waals surface area contributed by atoms with Gasteiger partial charge in [-0.3, -0.25) is 9.48 Å². The lowest BCUT2D eigenvalue weighted by Crippen LogP contribution is -2.23. The Hall–Kier alpha value is -2.30. The first-order chi connectivity index (χ1) is 8.74. The first kappa shape index (κ1) is 12.2. The Kier molecular flexibility index (Phi) is 3.96. The lowest BCUT2D eigenvalue weighted by Gasteiger charge is -2.05. The van der Waals surface area contributed by atoms with Crippen LogP contribution >= 0.6 is 0 Å². The second kappa shape index (κ2) is 5.86. The number of nitrogens with zero attached hydrogens (tertiary/aromatic N) is 2. The van der Waals surface area contributed by atoms with E-state index in [1.54, 1.807) is 35.1 Å². The number of rotatable bonds is 5. The summed E-state index contributed by atoms with van der Waals surface area (Å²) in [4.78, 5) is 11.6. The predicted molar refractivity (Wildman–Crippen MR) is 66.8 cm³/mol. The summed E-state index contributed by atoms with van der Waals surface area (Å²) in [5.74, 6) is 0.210. The molecule has 5 heteroatoms. The van der Waals surface area contributed by atoms with Crippen LogP contribution in [0.5, 0.6) is 5.75 Å². The Morgan fingerprint density at radius 1 is 1.33 bits per heavy atom. The largest absolute Gasteiger partial charge is 0.508 e. The highest BCUT2D eigenvalue weighted by Crippen LogP contribution is 2.09. The standard InChI is InChI=1S/C13H15N3O2/c17-12-4-2-11(3-5-12)10-14-13(18)6-9-16-8-1-7-15-16/h1-5,7-8,17H,6,9-10H2,(H,14,18). The van der Waals surface area contributed by atoms with Gasteiger partial charge in [-0.25, -0.2) is 0 Å². The maximum Gasteiger partial charge on any atom is 0.222 e. The summed E-state index contributed by atoms with van der Waals surface area (Å²) in [6.07, 6.45) is 3.92. The van der Waals surface area contributed by atoms with Crippen molar-refractivity contribution in [1.29, 1.82) is 0 Å². The zero-order valence-corrected chi connectivity index (χ0v) is 9.91. The quantitative estimate of drug-likeness (QED) is 0.834. The van der Waals surface area contributed by atoms with Crippen LogP contribution in [0.3, 0.4) is 0 Å². The number of carbonyl (C=O) groups is 1. The van der Waals surface area contributed by atoms with Crippen molar-refractivity contribution in [1.82, 2.24) is 15.1 Å². The molecule has 0 saturated heterocycles. The fourth-order valence-electron chi connectivity index (χ4n) is 1.55. The van der Waals surface area contributed by atoms with Gasteiger partial charge in [0.2, 0.25) is 5.91 Å². The van der Waals surface area contributed by atoms with Crippen LogP contribution in [0.15, 0.2) is 42.7 Å². The van der Waals surface area contributed by atoms with Crippen molar-refractivity contribution in [2.75, 3.05) is 0 Å². The fourth-order valence-corrected chi connectivity index (χ4v) is 1.55. The van der Waals surface area contributed by atoms with Crippen molar-refractivity contribution in [2.24, 2.45) is 0 Å². The molecule has 0 unspecified atom stereocenters. The van der Waals surface area contributed by atoms with Crippen LogP contribution in [-0.2, 0) is 17.9 Å². The van der Waals surface area contributed by atoms with E-state index in [0.717, 1.165) is 5.56 Å². The van der Waals surface area contributed by atoms with E-state index in [9.17, 15) is 4.79 Å². The van der Waals surface area contributed by atoms with Gasteiger partial charge in [0, 0.05) is 31.9 Å². The first-order valence-corrected chi connectivity index (χ1v) is 5.76. The molecule has 0 atom stereocenters. The number of aromatic hydroxyl groups is 1.